The van der Waals surface area contributed by atoms with Gasteiger partial charge in [-0.25, -0.2) is 8.42 Å². The largest absolute Gasteiger partial charge is 0.497 e. The van der Waals surface area contributed by atoms with Crippen molar-refractivity contribution in [3.8, 4) is 17.2 Å². The van der Waals surface area contributed by atoms with Gasteiger partial charge in [-0.1, -0.05) is 18.2 Å². The summed E-state index contributed by atoms with van der Waals surface area (Å²) in [6, 6.07) is 17.2. The summed E-state index contributed by atoms with van der Waals surface area (Å²) in [5, 5.41) is 2.80. The van der Waals surface area contributed by atoms with Crippen LogP contribution in [0.15, 0.2) is 65.6 Å². The second kappa shape index (κ2) is 10.5. The van der Waals surface area contributed by atoms with Crippen LogP contribution in [-0.4, -0.2) is 47.2 Å². The van der Waals surface area contributed by atoms with E-state index in [4.69, 9.17) is 14.2 Å². The molecule has 3 aromatic rings. The Labute approximate surface area is 211 Å². The maximum Gasteiger partial charge on any atom is 0.264 e. The second-order valence-corrected chi connectivity index (χ2v) is 10.5. The molecule has 0 radical (unpaired) electrons. The highest BCUT2D eigenvalue weighted by Gasteiger charge is 2.37. The molecule has 1 N–H and O–H groups in total. The normalized spacial score (nSPS) is 15.0. The number of methoxy groups -OCH3 is 1. The molecule has 1 aliphatic rings. The third kappa shape index (κ3) is 5.26. The number of hydrogen-bond donors (Lipinski definition) is 1. The van der Waals surface area contributed by atoms with Gasteiger partial charge >= 0.3 is 0 Å². The summed E-state index contributed by atoms with van der Waals surface area (Å²) in [4.78, 5) is 13.1. The number of carbonyl (C=O) groups excluding carboxylic acids is 1. The fourth-order valence-corrected chi connectivity index (χ4v) is 5.41. The number of nitrogens with one attached hydrogen (secondary N) is 1. The van der Waals surface area contributed by atoms with Gasteiger partial charge in [0.25, 0.3) is 15.9 Å². The van der Waals surface area contributed by atoms with E-state index in [1.807, 2.05) is 45.0 Å². The second-order valence-electron chi connectivity index (χ2n) is 8.63. The van der Waals surface area contributed by atoms with Crippen molar-refractivity contribution >= 4 is 21.6 Å². The summed E-state index contributed by atoms with van der Waals surface area (Å²) in [6.07, 6.45) is -1.02. The van der Waals surface area contributed by atoms with Gasteiger partial charge in [-0.05, 0) is 79.9 Å². The maximum absolute atomic E-state index is 13.6. The summed E-state index contributed by atoms with van der Waals surface area (Å²) in [7, 11) is -2.44. The van der Waals surface area contributed by atoms with Gasteiger partial charge in [-0.2, -0.15) is 0 Å². The smallest absolute Gasteiger partial charge is 0.264 e. The summed E-state index contributed by atoms with van der Waals surface area (Å²) in [5.41, 5.74) is 3.45. The highest BCUT2D eigenvalue weighted by molar-refractivity contribution is 7.92. The predicted molar refractivity (Wildman–Crippen MR) is 138 cm³/mol. The topological polar surface area (TPSA) is 94.2 Å². The van der Waals surface area contributed by atoms with Gasteiger partial charge in [0.05, 0.1) is 30.8 Å². The molecule has 1 aliphatic heterocycles. The third-order valence-electron chi connectivity index (χ3n) is 6.14. The Hall–Kier alpha value is -3.72. The zero-order valence-electron chi connectivity index (χ0n) is 20.8. The first-order valence-electron chi connectivity index (χ1n) is 11.6. The number of aryl methyl sites for hydroxylation is 2. The molecule has 0 bridgehead atoms. The first-order chi connectivity index (χ1) is 17.2. The highest BCUT2D eigenvalue weighted by Crippen LogP contribution is 2.38. The van der Waals surface area contributed by atoms with Crippen molar-refractivity contribution in [3.63, 3.8) is 0 Å². The fourth-order valence-electron chi connectivity index (χ4n) is 3.93. The lowest BCUT2D eigenvalue weighted by molar-refractivity contribution is -0.127. The lowest BCUT2D eigenvalue weighted by atomic mass is 10.1. The molecule has 0 saturated heterocycles. The number of carbonyl (C=O) groups is 1. The Morgan fingerprint density at radius 3 is 2.56 bits per heavy atom. The maximum atomic E-state index is 13.6. The quantitative estimate of drug-likeness (QED) is 0.464. The average molecular weight is 511 g/mol. The standard InChI is InChI=1S/C27H30N2O6S/c1-18-8-13-23-25(16-18)35-26(17-29(23)36(31,32)22-11-9-21(33-4)10-12-22)27(30)28-14-15-34-24-7-5-6-19(2)20(24)3/h5-13,16,26H,14-15,17H2,1-4H3,(H,28,30)/t26-/m1/s1. The number of hydrogen-bond acceptors (Lipinski definition) is 6. The van der Waals surface area contributed by atoms with E-state index in [2.05, 4.69) is 5.32 Å². The van der Waals surface area contributed by atoms with Gasteiger partial charge < -0.3 is 19.5 Å². The van der Waals surface area contributed by atoms with Crippen LogP contribution in [0.1, 0.15) is 16.7 Å². The third-order valence-corrected chi connectivity index (χ3v) is 7.93. The number of ether oxygens (including phenoxy) is 3. The SMILES string of the molecule is COc1ccc(S(=O)(=O)N2C[C@H](C(=O)NCCOc3cccc(C)c3C)Oc3cc(C)ccc32)cc1. The monoisotopic (exact) mass is 510 g/mol. The van der Waals surface area contributed by atoms with E-state index in [9.17, 15) is 13.2 Å². The van der Waals surface area contributed by atoms with Gasteiger partial charge in [0.15, 0.2) is 6.10 Å². The molecule has 36 heavy (non-hydrogen) atoms. The van der Waals surface area contributed by atoms with E-state index >= 15 is 0 Å². The number of anilines is 1. The van der Waals surface area contributed by atoms with Crippen molar-refractivity contribution in [1.82, 2.24) is 5.32 Å². The summed E-state index contributed by atoms with van der Waals surface area (Å²) in [5.74, 6) is 1.23. The minimum atomic E-state index is -3.96. The van der Waals surface area contributed by atoms with Crippen LogP contribution in [0.25, 0.3) is 0 Å². The summed E-state index contributed by atoms with van der Waals surface area (Å²) >= 11 is 0. The van der Waals surface area contributed by atoms with Crippen LogP contribution in [0.2, 0.25) is 0 Å². The number of benzene rings is 3. The zero-order chi connectivity index (χ0) is 25.9. The molecule has 4 rings (SSSR count). The Bertz CT molecular complexity index is 1360. The van der Waals surface area contributed by atoms with Crippen LogP contribution in [-0.2, 0) is 14.8 Å². The van der Waals surface area contributed by atoms with E-state index in [-0.39, 0.29) is 24.6 Å². The summed E-state index contributed by atoms with van der Waals surface area (Å²) in [6.45, 7) is 6.23. The Kier molecular flexibility index (Phi) is 7.40. The number of sulfonamides is 1. The zero-order valence-corrected chi connectivity index (χ0v) is 21.6. The van der Waals surface area contributed by atoms with Gasteiger partial charge in [-0.15, -0.1) is 0 Å². The Balaban J connectivity index is 1.49. The van der Waals surface area contributed by atoms with Crippen LogP contribution in [0.3, 0.4) is 0 Å². The summed E-state index contributed by atoms with van der Waals surface area (Å²) < 4.78 is 45.2. The first kappa shape index (κ1) is 25.4. The predicted octanol–water partition coefficient (Wildman–Crippen LogP) is 3.77. The van der Waals surface area contributed by atoms with E-state index in [0.29, 0.717) is 17.2 Å². The first-order valence-corrected chi connectivity index (χ1v) is 13.1. The van der Waals surface area contributed by atoms with Crippen LogP contribution in [0.5, 0.6) is 17.2 Å². The molecule has 0 spiro atoms. The Morgan fingerprint density at radius 2 is 1.83 bits per heavy atom. The molecule has 190 valence electrons. The minimum absolute atomic E-state index is 0.0952. The molecule has 3 aromatic carbocycles. The van der Waals surface area contributed by atoms with Crippen molar-refractivity contribution in [2.45, 2.75) is 31.8 Å². The molecular weight excluding hydrogens is 480 g/mol. The van der Waals surface area contributed by atoms with Crippen molar-refractivity contribution in [2.75, 3.05) is 31.1 Å². The molecule has 1 atom stereocenters. The molecule has 0 unspecified atom stereocenters. The number of amides is 1. The number of nitrogens with zero attached hydrogens (tertiary/aromatic N) is 1. The van der Waals surface area contributed by atoms with Crippen LogP contribution in [0.4, 0.5) is 5.69 Å². The number of rotatable bonds is 8. The molecule has 9 heteroatoms. The molecule has 0 fully saturated rings. The van der Waals surface area contributed by atoms with E-state index in [1.54, 1.807) is 24.3 Å². The molecule has 1 heterocycles. The lowest BCUT2D eigenvalue weighted by Crippen LogP contribution is -2.51. The van der Waals surface area contributed by atoms with E-state index in [1.165, 1.54) is 23.5 Å². The van der Waals surface area contributed by atoms with Gasteiger partial charge in [-0.3, -0.25) is 9.10 Å². The van der Waals surface area contributed by atoms with Crippen LogP contribution < -0.4 is 23.8 Å². The average Bonchev–Trinajstić information content (AvgIpc) is 2.87. The molecule has 0 saturated carbocycles. The van der Waals surface area contributed by atoms with Gasteiger partial charge in [0, 0.05) is 0 Å². The van der Waals surface area contributed by atoms with Crippen molar-refractivity contribution < 1.29 is 27.4 Å². The lowest BCUT2D eigenvalue weighted by Gasteiger charge is -2.35. The molecule has 0 aliphatic carbocycles. The fraction of sp³-hybridized carbons (Fsp3) is 0.296. The minimum Gasteiger partial charge on any atom is -0.497 e. The van der Waals surface area contributed by atoms with Crippen molar-refractivity contribution in [3.05, 3.63) is 77.4 Å². The van der Waals surface area contributed by atoms with E-state index in [0.717, 1.165) is 22.4 Å². The molecule has 8 nitrogen and oxygen atoms in total. The van der Waals surface area contributed by atoms with Crippen molar-refractivity contribution in [1.29, 1.82) is 0 Å². The van der Waals surface area contributed by atoms with Crippen LogP contribution >= 0.6 is 0 Å². The van der Waals surface area contributed by atoms with Crippen molar-refractivity contribution in [2.24, 2.45) is 0 Å². The van der Waals surface area contributed by atoms with Crippen LogP contribution in [0, 0.1) is 20.8 Å². The highest BCUT2D eigenvalue weighted by atomic mass is 32.2. The van der Waals surface area contributed by atoms with Gasteiger partial charge in [0.1, 0.15) is 23.9 Å². The molecule has 1 amide bonds. The number of fused-ring (bicyclic) bond motifs is 1. The molecule has 0 aromatic heterocycles. The van der Waals surface area contributed by atoms with E-state index < -0.39 is 22.0 Å². The Morgan fingerprint density at radius 1 is 1.08 bits per heavy atom. The molecular formula is C27H30N2O6S. The van der Waals surface area contributed by atoms with Gasteiger partial charge in [0.2, 0.25) is 0 Å².